The molecule has 0 fully saturated rings. The summed E-state index contributed by atoms with van der Waals surface area (Å²) in [5, 5.41) is 14.0. The molecule has 3 aromatic rings. The Bertz CT molecular complexity index is 886. The molecule has 0 aliphatic rings. The van der Waals surface area contributed by atoms with Crippen LogP contribution in [0.25, 0.3) is 17.1 Å². The van der Waals surface area contributed by atoms with Crippen molar-refractivity contribution in [2.24, 2.45) is 0 Å². The second-order valence-electron chi connectivity index (χ2n) is 4.32. The third-order valence-corrected chi connectivity index (χ3v) is 4.05. The normalized spacial score (nSPS) is 11.7. The molecule has 0 radical (unpaired) electrons. The van der Waals surface area contributed by atoms with Crippen LogP contribution in [0.1, 0.15) is 5.69 Å². The molecule has 108 valence electrons. The van der Waals surface area contributed by atoms with E-state index < -0.39 is 9.05 Å². The summed E-state index contributed by atoms with van der Waals surface area (Å²) in [5.74, 6) is 0.353. The lowest BCUT2D eigenvalue weighted by Crippen LogP contribution is -2.05. The van der Waals surface area contributed by atoms with Crippen LogP contribution in [-0.4, -0.2) is 33.4 Å². The molecule has 2 heterocycles. The molecular formula is C12H10ClN5O2S. The van der Waals surface area contributed by atoms with Crippen LogP contribution >= 0.6 is 10.7 Å². The standard InChI is InChI=1S/C12H10ClN5O2S/c1-8-10(7-14-15-8)11-16-17-12(21(13,19)20)18(11)9-5-3-2-4-6-9/h2-7H,1H3,(H,14,15). The van der Waals surface area contributed by atoms with Crippen LogP contribution in [0.2, 0.25) is 0 Å². The zero-order valence-electron chi connectivity index (χ0n) is 10.9. The van der Waals surface area contributed by atoms with E-state index in [0.717, 1.165) is 5.69 Å². The lowest BCUT2D eigenvalue weighted by molar-refractivity contribution is 0.597. The van der Waals surface area contributed by atoms with E-state index >= 15 is 0 Å². The summed E-state index contributed by atoms with van der Waals surface area (Å²) in [5.41, 5.74) is 1.99. The number of benzene rings is 1. The molecule has 0 unspecified atom stereocenters. The Labute approximate surface area is 125 Å². The number of rotatable bonds is 3. The van der Waals surface area contributed by atoms with Gasteiger partial charge < -0.3 is 0 Å². The molecule has 9 heteroatoms. The van der Waals surface area contributed by atoms with E-state index in [1.807, 2.05) is 6.07 Å². The van der Waals surface area contributed by atoms with Crippen LogP contribution < -0.4 is 0 Å². The molecule has 0 saturated heterocycles. The zero-order chi connectivity index (χ0) is 15.0. The van der Waals surface area contributed by atoms with E-state index in [1.165, 1.54) is 4.57 Å². The number of aromatic nitrogens is 5. The van der Waals surface area contributed by atoms with E-state index in [9.17, 15) is 8.42 Å². The van der Waals surface area contributed by atoms with Gasteiger partial charge in [-0.1, -0.05) is 18.2 Å². The lowest BCUT2D eigenvalue weighted by atomic mass is 10.2. The number of para-hydroxylation sites is 1. The average molecular weight is 324 g/mol. The van der Waals surface area contributed by atoms with Crippen molar-refractivity contribution < 1.29 is 8.42 Å². The molecule has 2 aromatic heterocycles. The number of hydrogen-bond acceptors (Lipinski definition) is 5. The molecule has 0 aliphatic heterocycles. The summed E-state index contributed by atoms with van der Waals surface area (Å²) in [6, 6.07) is 8.88. The molecule has 0 amide bonds. The smallest absolute Gasteiger partial charge is 0.282 e. The molecule has 1 N–H and O–H groups in total. The molecule has 0 aliphatic carbocycles. The SMILES string of the molecule is Cc1[nH]ncc1-c1nnc(S(=O)(=O)Cl)n1-c1ccccc1. The monoisotopic (exact) mass is 323 g/mol. The average Bonchev–Trinajstić information content (AvgIpc) is 3.04. The van der Waals surface area contributed by atoms with Gasteiger partial charge in [-0.2, -0.15) is 5.10 Å². The van der Waals surface area contributed by atoms with Crippen molar-refractivity contribution in [3.63, 3.8) is 0 Å². The van der Waals surface area contributed by atoms with Crippen molar-refractivity contribution in [3.05, 3.63) is 42.2 Å². The van der Waals surface area contributed by atoms with Crippen molar-refractivity contribution >= 4 is 19.7 Å². The highest BCUT2D eigenvalue weighted by Crippen LogP contribution is 2.27. The Morgan fingerprint density at radius 2 is 1.90 bits per heavy atom. The predicted octanol–water partition coefficient (Wildman–Crippen LogP) is 1.89. The summed E-state index contributed by atoms with van der Waals surface area (Å²) >= 11 is 0. The molecule has 21 heavy (non-hydrogen) atoms. The lowest BCUT2D eigenvalue weighted by Gasteiger charge is -2.08. The van der Waals surface area contributed by atoms with E-state index in [-0.39, 0.29) is 5.16 Å². The summed E-state index contributed by atoms with van der Waals surface area (Å²) in [6.45, 7) is 1.81. The van der Waals surface area contributed by atoms with Crippen molar-refractivity contribution in [1.29, 1.82) is 0 Å². The molecule has 0 atom stereocenters. The Hall–Kier alpha value is -2.19. The van der Waals surface area contributed by atoms with Crippen LogP contribution in [0.4, 0.5) is 0 Å². The van der Waals surface area contributed by atoms with Crippen LogP contribution in [-0.2, 0) is 9.05 Å². The van der Waals surface area contributed by atoms with Gasteiger partial charge in [0.25, 0.3) is 14.2 Å². The van der Waals surface area contributed by atoms with Crippen LogP contribution in [0.5, 0.6) is 0 Å². The van der Waals surface area contributed by atoms with Gasteiger partial charge in [-0.15, -0.1) is 10.2 Å². The third kappa shape index (κ3) is 2.43. The maximum Gasteiger partial charge on any atom is 0.297 e. The number of hydrogen-bond donors (Lipinski definition) is 1. The minimum absolute atomic E-state index is 0.328. The first-order valence-electron chi connectivity index (χ1n) is 5.94. The van der Waals surface area contributed by atoms with Crippen molar-refractivity contribution in [2.75, 3.05) is 0 Å². The zero-order valence-corrected chi connectivity index (χ0v) is 12.4. The van der Waals surface area contributed by atoms with Gasteiger partial charge in [0.15, 0.2) is 5.82 Å². The first-order chi connectivity index (χ1) is 9.98. The fourth-order valence-electron chi connectivity index (χ4n) is 1.99. The Morgan fingerprint density at radius 1 is 1.19 bits per heavy atom. The van der Waals surface area contributed by atoms with E-state index in [0.29, 0.717) is 17.1 Å². The van der Waals surface area contributed by atoms with E-state index in [4.69, 9.17) is 10.7 Å². The third-order valence-electron chi connectivity index (χ3n) is 2.94. The maximum absolute atomic E-state index is 11.7. The summed E-state index contributed by atoms with van der Waals surface area (Å²) in [4.78, 5) is 0. The largest absolute Gasteiger partial charge is 0.297 e. The van der Waals surface area contributed by atoms with Gasteiger partial charge in [0.05, 0.1) is 11.8 Å². The highest BCUT2D eigenvalue weighted by molar-refractivity contribution is 8.13. The number of aryl methyl sites for hydroxylation is 1. The molecule has 0 saturated carbocycles. The maximum atomic E-state index is 11.7. The molecule has 0 spiro atoms. The topological polar surface area (TPSA) is 93.5 Å². The molecular weight excluding hydrogens is 314 g/mol. The summed E-state index contributed by atoms with van der Waals surface area (Å²) in [6.07, 6.45) is 1.56. The number of nitrogens with one attached hydrogen (secondary N) is 1. The summed E-state index contributed by atoms with van der Waals surface area (Å²) < 4.78 is 24.8. The van der Waals surface area contributed by atoms with Crippen molar-refractivity contribution in [3.8, 4) is 17.1 Å². The van der Waals surface area contributed by atoms with Gasteiger partial charge in [0, 0.05) is 22.1 Å². The predicted molar refractivity (Wildman–Crippen MR) is 76.7 cm³/mol. The second-order valence-corrected chi connectivity index (χ2v) is 6.78. The van der Waals surface area contributed by atoms with Gasteiger partial charge in [-0.05, 0) is 19.1 Å². The van der Waals surface area contributed by atoms with E-state index in [1.54, 1.807) is 37.4 Å². The molecule has 3 rings (SSSR count). The Balaban J connectivity index is 2.33. The van der Waals surface area contributed by atoms with Gasteiger partial charge in [-0.3, -0.25) is 9.67 Å². The number of halogens is 1. The second kappa shape index (κ2) is 4.97. The minimum atomic E-state index is -4.03. The quantitative estimate of drug-likeness (QED) is 0.743. The Morgan fingerprint density at radius 3 is 2.48 bits per heavy atom. The summed E-state index contributed by atoms with van der Waals surface area (Å²) in [7, 11) is 1.42. The van der Waals surface area contributed by atoms with Crippen molar-refractivity contribution in [2.45, 2.75) is 12.1 Å². The Kier molecular flexibility index (Phi) is 3.26. The van der Waals surface area contributed by atoms with Crippen LogP contribution in [0.15, 0.2) is 41.7 Å². The first-order valence-corrected chi connectivity index (χ1v) is 8.25. The number of aromatic amines is 1. The fourth-order valence-corrected chi connectivity index (χ4v) is 2.84. The van der Waals surface area contributed by atoms with Gasteiger partial charge in [0.1, 0.15) is 0 Å². The van der Waals surface area contributed by atoms with Gasteiger partial charge in [-0.25, -0.2) is 8.42 Å². The van der Waals surface area contributed by atoms with Crippen LogP contribution in [0.3, 0.4) is 0 Å². The first kappa shape index (κ1) is 13.8. The highest BCUT2D eigenvalue weighted by atomic mass is 35.7. The van der Waals surface area contributed by atoms with Gasteiger partial charge in [0.2, 0.25) is 0 Å². The van der Waals surface area contributed by atoms with Gasteiger partial charge >= 0.3 is 0 Å². The minimum Gasteiger partial charge on any atom is -0.282 e. The molecule has 7 nitrogen and oxygen atoms in total. The number of nitrogens with zero attached hydrogens (tertiary/aromatic N) is 4. The molecule has 1 aromatic carbocycles. The van der Waals surface area contributed by atoms with E-state index in [2.05, 4.69) is 20.4 Å². The molecule has 0 bridgehead atoms. The van der Waals surface area contributed by atoms with Crippen molar-refractivity contribution in [1.82, 2.24) is 25.0 Å². The fraction of sp³-hybridized carbons (Fsp3) is 0.0833. The number of H-pyrrole nitrogens is 1. The van der Waals surface area contributed by atoms with Crippen LogP contribution in [0, 0.1) is 6.92 Å². The highest BCUT2D eigenvalue weighted by Gasteiger charge is 2.25.